The molecule has 0 bridgehead atoms. The molecular formula is C14H20N2O2. The lowest BCUT2D eigenvalue weighted by atomic mass is 10.1. The van der Waals surface area contributed by atoms with E-state index in [-0.39, 0.29) is 11.8 Å². The monoisotopic (exact) mass is 248 g/mol. The minimum Gasteiger partial charge on any atom is -0.370 e. The third-order valence-corrected chi connectivity index (χ3v) is 2.82. The highest BCUT2D eigenvalue weighted by Gasteiger charge is 2.07. The summed E-state index contributed by atoms with van der Waals surface area (Å²) in [5.74, 6) is -0.331. The first-order valence-electron chi connectivity index (χ1n) is 6.15. The number of primary amides is 1. The second-order valence-corrected chi connectivity index (χ2v) is 4.49. The van der Waals surface area contributed by atoms with E-state index in [4.69, 9.17) is 5.73 Å². The van der Waals surface area contributed by atoms with Crippen molar-refractivity contribution in [3.63, 3.8) is 0 Å². The summed E-state index contributed by atoms with van der Waals surface area (Å²) in [5.41, 5.74) is 8.03. The molecule has 18 heavy (non-hydrogen) atoms. The van der Waals surface area contributed by atoms with Crippen molar-refractivity contribution in [2.75, 3.05) is 5.32 Å². The number of aryl methyl sites for hydroxylation is 2. The zero-order valence-corrected chi connectivity index (χ0v) is 11.0. The van der Waals surface area contributed by atoms with Crippen LogP contribution in [0.2, 0.25) is 0 Å². The zero-order valence-electron chi connectivity index (χ0n) is 11.0. The number of benzene rings is 1. The Labute approximate surface area is 108 Å². The van der Waals surface area contributed by atoms with E-state index in [1.165, 1.54) is 0 Å². The van der Waals surface area contributed by atoms with Gasteiger partial charge in [-0.2, -0.15) is 0 Å². The summed E-state index contributed by atoms with van der Waals surface area (Å²) in [6, 6.07) is 5.90. The molecular weight excluding hydrogens is 228 g/mol. The van der Waals surface area contributed by atoms with Crippen LogP contribution in [0.4, 0.5) is 5.69 Å². The highest BCUT2D eigenvalue weighted by Crippen LogP contribution is 2.19. The highest BCUT2D eigenvalue weighted by molar-refractivity contribution is 5.92. The van der Waals surface area contributed by atoms with E-state index in [1.807, 2.05) is 32.0 Å². The van der Waals surface area contributed by atoms with Crippen LogP contribution >= 0.6 is 0 Å². The number of anilines is 1. The number of rotatable bonds is 6. The van der Waals surface area contributed by atoms with Crippen molar-refractivity contribution in [1.29, 1.82) is 0 Å². The molecule has 3 N–H and O–H groups in total. The van der Waals surface area contributed by atoms with Gasteiger partial charge in [0.15, 0.2) is 0 Å². The number of hydrogen-bond acceptors (Lipinski definition) is 2. The van der Waals surface area contributed by atoms with Crippen LogP contribution in [-0.2, 0) is 9.59 Å². The normalized spacial score (nSPS) is 10.1. The number of hydrogen-bond donors (Lipinski definition) is 2. The van der Waals surface area contributed by atoms with Crippen LogP contribution in [0, 0.1) is 13.8 Å². The molecule has 1 aromatic rings. The predicted octanol–water partition coefficient (Wildman–Crippen LogP) is 2.29. The molecule has 0 aliphatic carbocycles. The van der Waals surface area contributed by atoms with Gasteiger partial charge in [0.25, 0.3) is 0 Å². The Morgan fingerprint density at radius 1 is 1.11 bits per heavy atom. The minimum atomic E-state index is -0.315. The van der Waals surface area contributed by atoms with Gasteiger partial charge < -0.3 is 11.1 Å². The molecule has 0 aliphatic rings. The lowest BCUT2D eigenvalue weighted by molar-refractivity contribution is -0.119. The van der Waals surface area contributed by atoms with Crippen molar-refractivity contribution < 1.29 is 9.59 Å². The van der Waals surface area contributed by atoms with Gasteiger partial charge in [-0.3, -0.25) is 9.59 Å². The van der Waals surface area contributed by atoms with Gasteiger partial charge >= 0.3 is 0 Å². The predicted molar refractivity (Wildman–Crippen MR) is 72.2 cm³/mol. The Kier molecular flexibility index (Phi) is 5.36. The Hall–Kier alpha value is -1.84. The molecule has 1 aromatic carbocycles. The number of carbonyl (C=O) groups is 2. The lowest BCUT2D eigenvalue weighted by Gasteiger charge is -2.11. The first-order chi connectivity index (χ1) is 8.50. The number of carbonyl (C=O) groups excluding carboxylic acids is 2. The van der Waals surface area contributed by atoms with E-state index in [9.17, 15) is 9.59 Å². The minimum absolute atomic E-state index is 0.0168. The quantitative estimate of drug-likeness (QED) is 0.758. The topological polar surface area (TPSA) is 72.2 Å². The zero-order chi connectivity index (χ0) is 13.5. The molecule has 1 rings (SSSR count). The molecule has 0 fully saturated rings. The average Bonchev–Trinajstić information content (AvgIpc) is 2.29. The number of para-hydroxylation sites is 1. The molecule has 0 aliphatic heterocycles. The van der Waals surface area contributed by atoms with Crippen LogP contribution in [0.25, 0.3) is 0 Å². The molecule has 98 valence electrons. The van der Waals surface area contributed by atoms with Gasteiger partial charge in [-0.05, 0) is 37.8 Å². The van der Waals surface area contributed by atoms with Crippen LogP contribution in [0.1, 0.15) is 36.8 Å². The molecule has 4 heteroatoms. The van der Waals surface area contributed by atoms with E-state index in [0.29, 0.717) is 25.7 Å². The molecule has 4 nitrogen and oxygen atoms in total. The van der Waals surface area contributed by atoms with Gasteiger partial charge in [0, 0.05) is 18.5 Å². The molecule has 0 saturated carbocycles. The number of unbranched alkanes of at least 4 members (excludes halogenated alkanes) is 1. The Morgan fingerprint density at radius 3 is 2.22 bits per heavy atom. The molecule has 0 saturated heterocycles. The summed E-state index contributed by atoms with van der Waals surface area (Å²) in [6.07, 6.45) is 2.10. The summed E-state index contributed by atoms with van der Waals surface area (Å²) in [4.78, 5) is 22.3. The summed E-state index contributed by atoms with van der Waals surface area (Å²) in [6.45, 7) is 3.94. The van der Waals surface area contributed by atoms with Crippen molar-refractivity contribution >= 4 is 17.5 Å². The summed E-state index contributed by atoms with van der Waals surface area (Å²) >= 11 is 0. The van der Waals surface area contributed by atoms with Crippen molar-refractivity contribution in [1.82, 2.24) is 0 Å². The largest absolute Gasteiger partial charge is 0.370 e. The van der Waals surface area contributed by atoms with E-state index in [0.717, 1.165) is 16.8 Å². The van der Waals surface area contributed by atoms with Gasteiger partial charge in [0.05, 0.1) is 0 Å². The SMILES string of the molecule is Cc1cccc(C)c1NC(=O)CCCCC(N)=O. The van der Waals surface area contributed by atoms with E-state index in [2.05, 4.69) is 5.32 Å². The fourth-order valence-electron chi connectivity index (χ4n) is 1.80. The second kappa shape index (κ2) is 6.79. The fourth-order valence-corrected chi connectivity index (χ4v) is 1.80. The maximum atomic E-state index is 11.7. The average molecular weight is 248 g/mol. The van der Waals surface area contributed by atoms with E-state index < -0.39 is 0 Å². The van der Waals surface area contributed by atoms with Gasteiger partial charge in [-0.25, -0.2) is 0 Å². The standard InChI is InChI=1S/C14H20N2O2/c1-10-6-5-7-11(2)14(10)16-13(18)9-4-3-8-12(15)17/h5-7H,3-4,8-9H2,1-2H3,(H2,15,17)(H,16,18). The third kappa shape index (κ3) is 4.57. The Morgan fingerprint density at radius 2 is 1.67 bits per heavy atom. The maximum absolute atomic E-state index is 11.7. The van der Waals surface area contributed by atoms with Gasteiger partial charge in [-0.15, -0.1) is 0 Å². The van der Waals surface area contributed by atoms with E-state index >= 15 is 0 Å². The van der Waals surface area contributed by atoms with Crippen LogP contribution in [0.5, 0.6) is 0 Å². The molecule has 0 heterocycles. The van der Waals surface area contributed by atoms with Crippen LogP contribution < -0.4 is 11.1 Å². The van der Waals surface area contributed by atoms with Crippen molar-refractivity contribution in [2.45, 2.75) is 39.5 Å². The van der Waals surface area contributed by atoms with Gasteiger partial charge in [0.1, 0.15) is 0 Å². The van der Waals surface area contributed by atoms with Gasteiger partial charge in [-0.1, -0.05) is 18.2 Å². The number of nitrogens with two attached hydrogens (primary N) is 1. The Bertz CT molecular complexity index is 421. The number of amides is 2. The first-order valence-corrected chi connectivity index (χ1v) is 6.15. The smallest absolute Gasteiger partial charge is 0.224 e. The Balaban J connectivity index is 2.43. The molecule has 0 unspecified atom stereocenters. The lowest BCUT2D eigenvalue weighted by Crippen LogP contribution is -2.14. The second-order valence-electron chi connectivity index (χ2n) is 4.49. The van der Waals surface area contributed by atoms with E-state index in [1.54, 1.807) is 0 Å². The molecule has 2 amide bonds. The van der Waals surface area contributed by atoms with Crippen molar-refractivity contribution in [3.8, 4) is 0 Å². The third-order valence-electron chi connectivity index (χ3n) is 2.82. The van der Waals surface area contributed by atoms with Crippen LogP contribution in [-0.4, -0.2) is 11.8 Å². The fraction of sp³-hybridized carbons (Fsp3) is 0.429. The molecule has 0 spiro atoms. The summed E-state index contributed by atoms with van der Waals surface area (Å²) < 4.78 is 0. The highest BCUT2D eigenvalue weighted by atomic mass is 16.1. The molecule has 0 aromatic heterocycles. The van der Waals surface area contributed by atoms with Crippen LogP contribution in [0.15, 0.2) is 18.2 Å². The summed E-state index contributed by atoms with van der Waals surface area (Å²) in [5, 5.41) is 2.91. The summed E-state index contributed by atoms with van der Waals surface area (Å²) in [7, 11) is 0. The first kappa shape index (κ1) is 14.2. The van der Waals surface area contributed by atoms with Crippen LogP contribution in [0.3, 0.4) is 0 Å². The van der Waals surface area contributed by atoms with Crippen molar-refractivity contribution in [2.24, 2.45) is 5.73 Å². The maximum Gasteiger partial charge on any atom is 0.224 e. The number of nitrogens with one attached hydrogen (secondary N) is 1. The van der Waals surface area contributed by atoms with Gasteiger partial charge in [0.2, 0.25) is 11.8 Å². The molecule has 0 atom stereocenters. The van der Waals surface area contributed by atoms with Crippen molar-refractivity contribution in [3.05, 3.63) is 29.3 Å². The molecule has 0 radical (unpaired) electrons.